The van der Waals surface area contributed by atoms with Crippen LogP contribution < -0.4 is 5.43 Å². The van der Waals surface area contributed by atoms with Crippen molar-refractivity contribution in [3.63, 3.8) is 0 Å². The van der Waals surface area contributed by atoms with E-state index in [-0.39, 0.29) is 17.2 Å². The second-order valence-corrected chi connectivity index (χ2v) is 8.55. The van der Waals surface area contributed by atoms with Crippen LogP contribution in [0.5, 0.6) is 5.75 Å². The van der Waals surface area contributed by atoms with Gasteiger partial charge in [-0.15, -0.1) is 0 Å². The van der Waals surface area contributed by atoms with Gasteiger partial charge >= 0.3 is 0 Å². The molecule has 5 rings (SSSR count). The lowest BCUT2D eigenvalue weighted by Gasteiger charge is -2.38. The van der Waals surface area contributed by atoms with Gasteiger partial charge in [-0.25, -0.2) is 0 Å². The minimum atomic E-state index is -0.344. The van der Waals surface area contributed by atoms with E-state index in [1.807, 2.05) is 16.8 Å². The monoisotopic (exact) mass is 437 g/mol. The molecule has 33 heavy (non-hydrogen) atoms. The van der Waals surface area contributed by atoms with E-state index in [0.717, 1.165) is 48.4 Å². The van der Waals surface area contributed by atoms with Crippen LogP contribution >= 0.6 is 0 Å². The van der Waals surface area contributed by atoms with E-state index in [1.54, 1.807) is 18.5 Å². The summed E-state index contributed by atoms with van der Waals surface area (Å²) in [5, 5.41) is 10.0. The highest BCUT2D eigenvalue weighted by atomic mass is 16.3. The van der Waals surface area contributed by atoms with Crippen LogP contribution in [0.2, 0.25) is 0 Å². The molecule has 2 aromatic heterocycles. The van der Waals surface area contributed by atoms with Crippen LogP contribution in [-0.4, -0.2) is 26.1 Å². The van der Waals surface area contributed by atoms with E-state index >= 15 is 0 Å². The fraction of sp³-hybridized carbons (Fsp3) is 0.214. The molecular formula is C28H27N3O2. The first-order valence-corrected chi connectivity index (χ1v) is 11.4. The Hall–Kier alpha value is -3.70. The molecule has 2 aromatic carbocycles. The maximum absolute atomic E-state index is 12.4. The third kappa shape index (κ3) is 4.32. The van der Waals surface area contributed by atoms with Gasteiger partial charge in [-0.2, -0.15) is 0 Å². The maximum Gasteiger partial charge on any atom is 0.223 e. The van der Waals surface area contributed by atoms with Crippen molar-refractivity contribution in [2.24, 2.45) is 0 Å². The van der Waals surface area contributed by atoms with Crippen LogP contribution in [-0.2, 0) is 19.5 Å². The number of pyridine rings is 2. The van der Waals surface area contributed by atoms with Crippen molar-refractivity contribution >= 4 is 0 Å². The fourth-order valence-electron chi connectivity index (χ4n) is 4.65. The molecule has 0 spiro atoms. The van der Waals surface area contributed by atoms with Crippen LogP contribution in [0.3, 0.4) is 0 Å². The minimum Gasteiger partial charge on any atom is -0.503 e. The molecule has 4 aromatic rings. The molecule has 1 atom stereocenters. The van der Waals surface area contributed by atoms with Crippen molar-refractivity contribution in [3.05, 3.63) is 118 Å². The van der Waals surface area contributed by atoms with Crippen LogP contribution in [0.25, 0.3) is 11.1 Å². The number of aromatic hydroxyl groups is 1. The van der Waals surface area contributed by atoms with Gasteiger partial charge in [0.1, 0.15) is 0 Å². The van der Waals surface area contributed by atoms with Crippen molar-refractivity contribution in [3.8, 4) is 16.9 Å². The zero-order valence-electron chi connectivity index (χ0n) is 18.7. The number of fused-ring (bicyclic) bond motifs is 1. The van der Waals surface area contributed by atoms with Crippen LogP contribution in [0, 0.1) is 0 Å². The average molecular weight is 438 g/mol. The first-order chi connectivity index (χ1) is 16.1. The fourth-order valence-corrected chi connectivity index (χ4v) is 4.65. The van der Waals surface area contributed by atoms with Gasteiger partial charge < -0.3 is 9.67 Å². The summed E-state index contributed by atoms with van der Waals surface area (Å²) in [6.07, 6.45) is 6.23. The SMILES string of the molecule is CCc1ccc(CN2CCn3cc(O)c(=O)cc3C2c2cccc(-c3cccnc3)c2)cc1. The maximum atomic E-state index is 12.4. The Balaban J connectivity index is 1.58. The molecule has 5 nitrogen and oxygen atoms in total. The molecule has 0 radical (unpaired) electrons. The summed E-state index contributed by atoms with van der Waals surface area (Å²) < 4.78 is 2.01. The molecule has 5 heteroatoms. The van der Waals surface area contributed by atoms with E-state index in [0.29, 0.717) is 0 Å². The molecule has 1 aliphatic heterocycles. The second kappa shape index (κ2) is 9.04. The quantitative estimate of drug-likeness (QED) is 0.488. The summed E-state index contributed by atoms with van der Waals surface area (Å²) in [5.74, 6) is -0.204. The normalized spacial score (nSPS) is 15.8. The molecule has 0 saturated heterocycles. The number of nitrogens with zero attached hydrogens (tertiary/aromatic N) is 3. The van der Waals surface area contributed by atoms with E-state index in [1.165, 1.54) is 11.1 Å². The molecule has 0 aliphatic carbocycles. The lowest BCUT2D eigenvalue weighted by Crippen LogP contribution is -2.39. The van der Waals surface area contributed by atoms with Crippen molar-refractivity contribution in [2.75, 3.05) is 6.54 Å². The third-order valence-corrected chi connectivity index (χ3v) is 6.43. The van der Waals surface area contributed by atoms with Gasteiger partial charge in [0, 0.05) is 43.8 Å². The molecule has 0 saturated carbocycles. The summed E-state index contributed by atoms with van der Waals surface area (Å²) in [5.41, 5.74) is 6.38. The number of aromatic nitrogens is 2. The number of hydrogen-bond donors (Lipinski definition) is 1. The highest BCUT2D eigenvalue weighted by molar-refractivity contribution is 5.63. The van der Waals surface area contributed by atoms with Crippen molar-refractivity contribution in [2.45, 2.75) is 32.5 Å². The zero-order valence-corrected chi connectivity index (χ0v) is 18.7. The molecule has 3 heterocycles. The Morgan fingerprint density at radius 2 is 1.76 bits per heavy atom. The van der Waals surface area contributed by atoms with Gasteiger partial charge in [-0.05, 0) is 46.4 Å². The number of hydrogen-bond acceptors (Lipinski definition) is 4. The van der Waals surface area contributed by atoms with Gasteiger partial charge in [0.2, 0.25) is 5.43 Å². The molecule has 1 unspecified atom stereocenters. The first kappa shape index (κ1) is 21.2. The Kier molecular flexibility index (Phi) is 5.80. The number of aryl methyl sites for hydroxylation is 1. The highest BCUT2D eigenvalue weighted by Gasteiger charge is 2.29. The smallest absolute Gasteiger partial charge is 0.223 e. The predicted molar refractivity (Wildman–Crippen MR) is 130 cm³/mol. The average Bonchev–Trinajstić information content (AvgIpc) is 2.86. The molecule has 1 aliphatic rings. The molecule has 1 N–H and O–H groups in total. The minimum absolute atomic E-state index is 0.102. The summed E-state index contributed by atoms with van der Waals surface area (Å²) >= 11 is 0. The summed E-state index contributed by atoms with van der Waals surface area (Å²) in [7, 11) is 0. The molecule has 0 fully saturated rings. The molecule has 0 bridgehead atoms. The van der Waals surface area contributed by atoms with E-state index < -0.39 is 0 Å². The Morgan fingerprint density at radius 3 is 2.52 bits per heavy atom. The van der Waals surface area contributed by atoms with Crippen molar-refractivity contribution in [1.82, 2.24) is 14.5 Å². The molecule has 166 valence electrons. The highest BCUT2D eigenvalue weighted by Crippen LogP contribution is 2.35. The van der Waals surface area contributed by atoms with E-state index in [2.05, 4.69) is 71.4 Å². The summed E-state index contributed by atoms with van der Waals surface area (Å²) in [4.78, 5) is 19.1. The van der Waals surface area contributed by atoms with E-state index in [4.69, 9.17) is 0 Å². The van der Waals surface area contributed by atoms with Gasteiger partial charge in [-0.3, -0.25) is 14.7 Å². The van der Waals surface area contributed by atoms with Crippen molar-refractivity contribution < 1.29 is 5.11 Å². The summed E-state index contributed by atoms with van der Waals surface area (Å²) in [6, 6.07) is 22.7. The lowest BCUT2D eigenvalue weighted by atomic mass is 9.94. The molecular weight excluding hydrogens is 410 g/mol. The first-order valence-electron chi connectivity index (χ1n) is 11.4. The van der Waals surface area contributed by atoms with Crippen molar-refractivity contribution in [1.29, 1.82) is 0 Å². The van der Waals surface area contributed by atoms with Crippen LogP contribution in [0.15, 0.2) is 90.1 Å². The van der Waals surface area contributed by atoms with Crippen LogP contribution in [0.1, 0.15) is 35.3 Å². The van der Waals surface area contributed by atoms with Gasteiger partial charge in [-0.1, -0.05) is 55.5 Å². The Labute approximate surface area is 193 Å². The van der Waals surface area contributed by atoms with Gasteiger partial charge in [0.15, 0.2) is 5.75 Å². The van der Waals surface area contributed by atoms with E-state index in [9.17, 15) is 9.90 Å². The second-order valence-electron chi connectivity index (χ2n) is 8.55. The standard InChI is InChI=1S/C28H27N3O2/c1-2-20-8-10-21(11-9-20)18-31-14-13-30-19-27(33)26(32)16-25(30)28(31)23-6-3-5-22(15-23)24-7-4-12-29-17-24/h3-12,15-17,19,28,33H,2,13-14,18H2,1H3. The largest absolute Gasteiger partial charge is 0.503 e. The Bertz CT molecular complexity index is 1310. The Morgan fingerprint density at radius 1 is 0.970 bits per heavy atom. The third-order valence-electron chi connectivity index (χ3n) is 6.43. The summed E-state index contributed by atoms with van der Waals surface area (Å²) in [6.45, 7) is 4.47. The number of rotatable bonds is 5. The lowest BCUT2D eigenvalue weighted by molar-refractivity contribution is 0.172. The predicted octanol–water partition coefficient (Wildman–Crippen LogP) is 4.78. The topological polar surface area (TPSA) is 58.4 Å². The molecule has 0 amide bonds. The van der Waals surface area contributed by atoms with Crippen LogP contribution in [0.4, 0.5) is 0 Å². The zero-order chi connectivity index (χ0) is 22.8. The van der Waals surface area contributed by atoms with Gasteiger partial charge in [0.25, 0.3) is 0 Å². The van der Waals surface area contributed by atoms with Gasteiger partial charge in [0.05, 0.1) is 12.2 Å². The number of benzene rings is 2.